The summed E-state index contributed by atoms with van der Waals surface area (Å²) >= 11 is 1.20. The quantitative estimate of drug-likeness (QED) is 0.377. The summed E-state index contributed by atoms with van der Waals surface area (Å²) in [4.78, 5) is 31.6. The van der Waals surface area contributed by atoms with Crippen molar-refractivity contribution in [1.82, 2.24) is 9.97 Å². The molecule has 3 aromatic rings. The number of hydrogen-bond acceptors (Lipinski definition) is 5. The van der Waals surface area contributed by atoms with Gasteiger partial charge in [0.15, 0.2) is 0 Å². The van der Waals surface area contributed by atoms with Gasteiger partial charge in [-0.15, -0.1) is 0 Å². The lowest BCUT2D eigenvalue weighted by molar-refractivity contribution is -0.164. The Morgan fingerprint density at radius 1 is 1.09 bits per heavy atom. The molecule has 6 nitrogen and oxygen atoms in total. The van der Waals surface area contributed by atoms with E-state index in [0.717, 1.165) is 16.9 Å². The van der Waals surface area contributed by atoms with Gasteiger partial charge in [0.05, 0.1) is 11.0 Å². The Morgan fingerprint density at radius 3 is 2.32 bits per heavy atom. The second-order valence-electron chi connectivity index (χ2n) is 10.4. The van der Waals surface area contributed by atoms with Gasteiger partial charge in [-0.05, 0) is 47.4 Å². The summed E-state index contributed by atoms with van der Waals surface area (Å²) in [6.45, 7) is 10.3. The minimum Gasteiger partial charge on any atom is -0.511 e. The van der Waals surface area contributed by atoms with Crippen molar-refractivity contribution in [3.05, 3.63) is 74.7 Å². The van der Waals surface area contributed by atoms with Crippen molar-refractivity contribution in [2.45, 2.75) is 69.8 Å². The fourth-order valence-electron chi connectivity index (χ4n) is 4.44. The lowest BCUT2D eigenvalue weighted by Crippen LogP contribution is -2.44. The average Bonchev–Trinajstić information content (AvgIpc) is 3.13. The third kappa shape index (κ3) is 4.80. The molecule has 1 atom stereocenters. The van der Waals surface area contributed by atoms with E-state index in [9.17, 15) is 14.7 Å². The number of fused-ring (bicyclic) bond motifs is 1. The highest BCUT2D eigenvalue weighted by Crippen LogP contribution is 2.45. The van der Waals surface area contributed by atoms with Crippen molar-refractivity contribution < 1.29 is 14.6 Å². The molecule has 34 heavy (non-hydrogen) atoms. The summed E-state index contributed by atoms with van der Waals surface area (Å²) in [6, 6.07) is 13.9. The van der Waals surface area contributed by atoms with Crippen LogP contribution in [0.1, 0.15) is 58.6 Å². The van der Waals surface area contributed by atoms with Gasteiger partial charge in [-0.25, -0.2) is 9.59 Å². The van der Waals surface area contributed by atoms with E-state index >= 15 is 0 Å². The van der Waals surface area contributed by atoms with E-state index in [1.807, 2.05) is 44.2 Å². The molecule has 0 spiro atoms. The van der Waals surface area contributed by atoms with E-state index in [1.165, 1.54) is 17.3 Å². The molecule has 0 bridgehead atoms. The van der Waals surface area contributed by atoms with E-state index in [2.05, 4.69) is 42.9 Å². The molecule has 4 rings (SSSR count). The number of H-pyrrole nitrogens is 2. The molecular formula is C27H32N2O4S. The van der Waals surface area contributed by atoms with Crippen LogP contribution in [-0.2, 0) is 21.4 Å². The molecule has 2 aromatic carbocycles. The highest BCUT2D eigenvalue weighted by molar-refractivity contribution is 8.04. The van der Waals surface area contributed by atoms with Gasteiger partial charge in [-0.3, -0.25) is 0 Å². The summed E-state index contributed by atoms with van der Waals surface area (Å²) in [7, 11) is 0. The SMILES string of the molecule is CC(C)C1(CCc2ccccc2)CC(O)=C(Sc2cc3[nH]c(=O)[nH]c3cc2C(C)(C)C)C(=O)O1. The number of hydrogen-bond donors (Lipinski definition) is 3. The van der Waals surface area contributed by atoms with E-state index in [0.29, 0.717) is 17.5 Å². The number of ether oxygens (including phenoxy) is 1. The molecular weight excluding hydrogens is 448 g/mol. The van der Waals surface area contributed by atoms with Crippen molar-refractivity contribution in [2.75, 3.05) is 0 Å². The van der Waals surface area contributed by atoms with E-state index < -0.39 is 11.6 Å². The molecule has 0 amide bonds. The number of carbonyl (C=O) groups excluding carboxylic acids is 1. The number of esters is 1. The van der Waals surface area contributed by atoms with E-state index in [1.54, 1.807) is 0 Å². The number of aromatic nitrogens is 2. The van der Waals surface area contributed by atoms with Gasteiger partial charge >= 0.3 is 11.7 Å². The number of aliphatic hydroxyl groups excluding tert-OH is 1. The first-order valence-electron chi connectivity index (χ1n) is 11.6. The van der Waals surface area contributed by atoms with Crippen molar-refractivity contribution >= 4 is 28.8 Å². The van der Waals surface area contributed by atoms with Crippen LogP contribution in [0.15, 0.2) is 62.8 Å². The van der Waals surface area contributed by atoms with Crippen LogP contribution < -0.4 is 5.69 Å². The first kappa shape index (κ1) is 24.2. The highest BCUT2D eigenvalue weighted by atomic mass is 32.2. The Kier molecular flexibility index (Phi) is 6.42. The first-order chi connectivity index (χ1) is 16.0. The Balaban J connectivity index is 1.67. The zero-order valence-corrected chi connectivity index (χ0v) is 21.1. The lowest BCUT2D eigenvalue weighted by atomic mass is 9.80. The summed E-state index contributed by atoms with van der Waals surface area (Å²) < 4.78 is 6.09. The number of imidazole rings is 1. The topological polar surface area (TPSA) is 95.2 Å². The molecule has 2 heterocycles. The molecule has 7 heteroatoms. The molecule has 3 N–H and O–H groups in total. The first-order valence-corrected chi connectivity index (χ1v) is 12.4. The lowest BCUT2D eigenvalue weighted by Gasteiger charge is -2.40. The summed E-state index contributed by atoms with van der Waals surface area (Å²) in [6.07, 6.45) is 1.67. The number of nitrogens with one attached hydrogen (secondary N) is 2. The summed E-state index contributed by atoms with van der Waals surface area (Å²) in [5.74, 6) is -0.399. The van der Waals surface area contributed by atoms with Gasteiger partial charge in [-0.2, -0.15) is 0 Å². The zero-order valence-electron chi connectivity index (χ0n) is 20.3. The number of aliphatic hydroxyl groups is 1. The highest BCUT2D eigenvalue weighted by Gasteiger charge is 2.44. The van der Waals surface area contributed by atoms with Crippen molar-refractivity contribution in [1.29, 1.82) is 0 Å². The maximum atomic E-state index is 13.2. The molecule has 180 valence electrons. The molecule has 1 aliphatic rings. The van der Waals surface area contributed by atoms with Crippen LogP contribution in [0.3, 0.4) is 0 Å². The predicted octanol–water partition coefficient (Wildman–Crippen LogP) is 5.99. The van der Waals surface area contributed by atoms with Crippen LogP contribution in [0.2, 0.25) is 0 Å². The van der Waals surface area contributed by atoms with E-state index in [4.69, 9.17) is 4.74 Å². The third-order valence-corrected chi connectivity index (χ3v) is 7.74. The standard InChI is InChI=1S/C27H32N2O4S/c1-16(2)27(12-11-17-9-7-6-8-10-17)15-21(30)23(24(31)33-27)34-22-14-20-19(28-25(32)29-20)13-18(22)26(3,4)5/h6-10,13-14,16,30H,11-12,15H2,1-5H3,(H2,28,29,32). The minimum atomic E-state index is -0.760. The van der Waals surface area contributed by atoms with Gasteiger partial charge in [0.2, 0.25) is 0 Å². The fourth-order valence-corrected chi connectivity index (χ4v) is 5.63. The minimum absolute atomic E-state index is 0.0419. The molecule has 0 fully saturated rings. The van der Waals surface area contributed by atoms with Crippen LogP contribution in [0.5, 0.6) is 0 Å². The van der Waals surface area contributed by atoms with Crippen LogP contribution in [0, 0.1) is 5.92 Å². The Bertz CT molecular complexity index is 1300. The molecule has 0 radical (unpaired) electrons. The number of carbonyl (C=O) groups is 1. The number of aryl methyl sites for hydroxylation is 1. The van der Waals surface area contributed by atoms with Crippen molar-refractivity contribution in [3.8, 4) is 0 Å². The van der Waals surface area contributed by atoms with Gasteiger partial charge in [0.1, 0.15) is 16.3 Å². The van der Waals surface area contributed by atoms with Crippen molar-refractivity contribution in [2.24, 2.45) is 5.92 Å². The smallest absolute Gasteiger partial charge is 0.349 e. The second kappa shape index (κ2) is 9.02. The predicted molar refractivity (Wildman–Crippen MR) is 136 cm³/mol. The molecule has 0 saturated carbocycles. The van der Waals surface area contributed by atoms with E-state index in [-0.39, 0.29) is 34.1 Å². The third-order valence-electron chi connectivity index (χ3n) is 6.58. The normalized spacial score (nSPS) is 19.2. The van der Waals surface area contributed by atoms with Crippen molar-refractivity contribution in [3.63, 3.8) is 0 Å². The van der Waals surface area contributed by atoms with Gasteiger partial charge in [-0.1, -0.05) is 76.7 Å². The molecule has 0 aliphatic carbocycles. The van der Waals surface area contributed by atoms with Gasteiger partial charge < -0.3 is 19.8 Å². The Labute approximate surface area is 203 Å². The fraction of sp³-hybridized carbons (Fsp3) is 0.407. The maximum Gasteiger partial charge on any atom is 0.349 e. The molecule has 0 saturated heterocycles. The van der Waals surface area contributed by atoms with Gasteiger partial charge in [0, 0.05) is 11.3 Å². The zero-order chi connectivity index (χ0) is 24.7. The largest absolute Gasteiger partial charge is 0.511 e. The average molecular weight is 481 g/mol. The monoisotopic (exact) mass is 480 g/mol. The number of cyclic esters (lactones) is 1. The van der Waals surface area contributed by atoms with Crippen LogP contribution in [0.25, 0.3) is 11.0 Å². The summed E-state index contributed by atoms with van der Waals surface area (Å²) in [5.41, 5.74) is 2.23. The summed E-state index contributed by atoms with van der Waals surface area (Å²) in [5, 5.41) is 11.1. The second-order valence-corrected chi connectivity index (χ2v) is 11.4. The van der Waals surface area contributed by atoms with Crippen LogP contribution in [0.4, 0.5) is 0 Å². The molecule has 1 aliphatic heterocycles. The Hall–Kier alpha value is -2.93. The number of rotatable bonds is 6. The number of aromatic amines is 2. The molecule has 1 unspecified atom stereocenters. The van der Waals surface area contributed by atoms with Crippen LogP contribution >= 0.6 is 11.8 Å². The van der Waals surface area contributed by atoms with Crippen LogP contribution in [-0.4, -0.2) is 26.6 Å². The Morgan fingerprint density at radius 2 is 1.74 bits per heavy atom. The number of benzene rings is 2. The maximum absolute atomic E-state index is 13.2. The number of thioether (sulfide) groups is 1. The van der Waals surface area contributed by atoms with Gasteiger partial charge in [0.25, 0.3) is 0 Å². The molecule has 1 aromatic heterocycles.